The fraction of sp³-hybridized carbons (Fsp3) is 0.600. The number of hydrogen-bond acceptors (Lipinski definition) is 2. The monoisotopic (exact) mass is 280 g/mol. The van der Waals surface area contributed by atoms with Crippen LogP contribution in [-0.2, 0) is 0 Å². The van der Waals surface area contributed by atoms with Crippen molar-refractivity contribution >= 4 is 17.5 Å². The van der Waals surface area contributed by atoms with Crippen LogP contribution in [0.25, 0.3) is 0 Å². The first-order valence-electron chi connectivity index (χ1n) is 7.06. The Morgan fingerprint density at radius 2 is 2.32 bits per heavy atom. The van der Waals surface area contributed by atoms with Crippen LogP contribution in [0.3, 0.4) is 0 Å². The fourth-order valence-corrected chi connectivity index (χ4v) is 3.00. The third-order valence-electron chi connectivity index (χ3n) is 3.83. The maximum absolute atomic E-state index is 11.9. The van der Waals surface area contributed by atoms with Gasteiger partial charge < -0.3 is 5.32 Å². The summed E-state index contributed by atoms with van der Waals surface area (Å²) in [6.07, 6.45) is 6.35. The maximum Gasteiger partial charge on any atom is 0.269 e. The zero-order valence-electron chi connectivity index (χ0n) is 11.4. The molecule has 1 amide bonds. The van der Waals surface area contributed by atoms with Gasteiger partial charge in [-0.25, -0.2) is 4.98 Å². The zero-order chi connectivity index (χ0) is 13.7. The highest BCUT2D eigenvalue weighted by Gasteiger charge is 2.18. The van der Waals surface area contributed by atoms with Crippen molar-refractivity contribution in [2.45, 2.75) is 39.0 Å². The molecule has 1 fully saturated rings. The molecule has 0 bridgehead atoms. The van der Waals surface area contributed by atoms with E-state index in [2.05, 4.69) is 17.2 Å². The average molecular weight is 281 g/mol. The molecule has 0 saturated heterocycles. The van der Waals surface area contributed by atoms with Gasteiger partial charge in [0.05, 0.1) is 0 Å². The third-order valence-corrected chi connectivity index (χ3v) is 4.04. The molecule has 3 nitrogen and oxygen atoms in total. The second-order valence-corrected chi connectivity index (χ2v) is 5.92. The van der Waals surface area contributed by atoms with E-state index in [9.17, 15) is 4.79 Å². The SMILES string of the molecule is CC1CCCC(CCNC(=O)c2cccc(Cl)n2)C1. The number of halogens is 1. The largest absolute Gasteiger partial charge is 0.351 e. The summed E-state index contributed by atoms with van der Waals surface area (Å²) >= 11 is 5.77. The van der Waals surface area contributed by atoms with Gasteiger partial charge in [0.2, 0.25) is 0 Å². The Morgan fingerprint density at radius 1 is 1.47 bits per heavy atom. The summed E-state index contributed by atoms with van der Waals surface area (Å²) in [6, 6.07) is 5.10. The van der Waals surface area contributed by atoms with Gasteiger partial charge in [-0.2, -0.15) is 0 Å². The van der Waals surface area contributed by atoms with Crippen molar-refractivity contribution in [2.75, 3.05) is 6.54 Å². The number of nitrogens with zero attached hydrogens (tertiary/aromatic N) is 1. The lowest BCUT2D eigenvalue weighted by atomic mass is 9.81. The molecule has 0 aromatic carbocycles. The number of rotatable bonds is 4. The molecule has 1 saturated carbocycles. The number of carbonyl (C=O) groups is 1. The number of nitrogens with one attached hydrogen (secondary N) is 1. The van der Waals surface area contributed by atoms with Crippen molar-refractivity contribution in [3.63, 3.8) is 0 Å². The molecule has 1 aliphatic carbocycles. The molecule has 2 unspecified atom stereocenters. The predicted octanol–water partition coefficient (Wildman–Crippen LogP) is 3.68. The highest BCUT2D eigenvalue weighted by Crippen LogP contribution is 2.30. The minimum atomic E-state index is -0.133. The average Bonchev–Trinajstić information content (AvgIpc) is 2.38. The minimum Gasteiger partial charge on any atom is -0.351 e. The van der Waals surface area contributed by atoms with Crippen LogP contribution in [0.1, 0.15) is 49.5 Å². The lowest BCUT2D eigenvalue weighted by Crippen LogP contribution is -2.27. The first-order chi connectivity index (χ1) is 9.15. The van der Waals surface area contributed by atoms with Crippen molar-refractivity contribution in [1.82, 2.24) is 10.3 Å². The lowest BCUT2D eigenvalue weighted by Gasteiger charge is -2.26. The van der Waals surface area contributed by atoms with Gasteiger partial charge in [-0.05, 0) is 36.8 Å². The summed E-state index contributed by atoms with van der Waals surface area (Å²) in [7, 11) is 0. The Bertz CT molecular complexity index is 436. The van der Waals surface area contributed by atoms with E-state index >= 15 is 0 Å². The molecular weight excluding hydrogens is 260 g/mol. The van der Waals surface area contributed by atoms with Gasteiger partial charge >= 0.3 is 0 Å². The fourth-order valence-electron chi connectivity index (χ4n) is 2.84. The van der Waals surface area contributed by atoms with Crippen LogP contribution < -0.4 is 5.32 Å². The van der Waals surface area contributed by atoms with Crippen molar-refractivity contribution in [2.24, 2.45) is 11.8 Å². The number of amides is 1. The molecule has 104 valence electrons. The third kappa shape index (κ3) is 4.50. The van der Waals surface area contributed by atoms with Gasteiger partial charge in [0, 0.05) is 6.54 Å². The number of carbonyl (C=O) groups excluding carboxylic acids is 1. The second kappa shape index (κ2) is 6.90. The van der Waals surface area contributed by atoms with E-state index in [0.29, 0.717) is 10.8 Å². The van der Waals surface area contributed by atoms with Gasteiger partial charge in [0.1, 0.15) is 10.8 Å². The summed E-state index contributed by atoms with van der Waals surface area (Å²) < 4.78 is 0. The minimum absolute atomic E-state index is 0.133. The lowest BCUT2D eigenvalue weighted by molar-refractivity contribution is 0.0944. The quantitative estimate of drug-likeness (QED) is 0.855. The molecule has 1 aliphatic rings. The van der Waals surface area contributed by atoms with Gasteiger partial charge in [-0.1, -0.05) is 43.9 Å². The molecular formula is C15H21ClN2O. The standard InChI is InChI=1S/C15H21ClN2O/c1-11-4-2-5-12(10-11)8-9-17-15(19)13-6-3-7-14(16)18-13/h3,6-7,11-12H,2,4-5,8-10H2,1H3,(H,17,19). The Balaban J connectivity index is 1.75. The van der Waals surface area contributed by atoms with Crippen molar-refractivity contribution < 1.29 is 4.79 Å². The van der Waals surface area contributed by atoms with E-state index in [1.54, 1.807) is 18.2 Å². The molecule has 1 aromatic rings. The van der Waals surface area contributed by atoms with Crippen LogP contribution in [0, 0.1) is 11.8 Å². The Hall–Kier alpha value is -1.09. The van der Waals surface area contributed by atoms with E-state index < -0.39 is 0 Å². The smallest absolute Gasteiger partial charge is 0.269 e. The number of hydrogen-bond donors (Lipinski definition) is 1. The van der Waals surface area contributed by atoms with E-state index in [-0.39, 0.29) is 5.91 Å². The molecule has 1 N–H and O–H groups in total. The first-order valence-corrected chi connectivity index (χ1v) is 7.43. The van der Waals surface area contributed by atoms with Crippen LogP contribution >= 0.6 is 11.6 Å². The normalized spacial score (nSPS) is 23.1. The van der Waals surface area contributed by atoms with Gasteiger partial charge in [0.15, 0.2) is 0 Å². The maximum atomic E-state index is 11.9. The topological polar surface area (TPSA) is 42.0 Å². The molecule has 0 aliphatic heterocycles. The van der Waals surface area contributed by atoms with Crippen molar-refractivity contribution in [1.29, 1.82) is 0 Å². The summed E-state index contributed by atoms with van der Waals surface area (Å²) in [4.78, 5) is 15.9. The van der Waals surface area contributed by atoms with Crippen molar-refractivity contribution in [3.05, 3.63) is 29.0 Å². The molecule has 1 heterocycles. The molecule has 2 atom stereocenters. The van der Waals surface area contributed by atoms with Crippen LogP contribution in [-0.4, -0.2) is 17.4 Å². The Morgan fingerprint density at radius 3 is 3.05 bits per heavy atom. The molecule has 0 radical (unpaired) electrons. The molecule has 19 heavy (non-hydrogen) atoms. The summed E-state index contributed by atoms with van der Waals surface area (Å²) in [5, 5.41) is 3.28. The molecule has 1 aromatic heterocycles. The van der Waals surface area contributed by atoms with E-state index in [1.807, 2.05) is 0 Å². The highest BCUT2D eigenvalue weighted by molar-refractivity contribution is 6.29. The summed E-state index contributed by atoms with van der Waals surface area (Å²) in [6.45, 7) is 3.05. The van der Waals surface area contributed by atoms with E-state index in [1.165, 1.54) is 25.7 Å². The zero-order valence-corrected chi connectivity index (χ0v) is 12.1. The number of pyridine rings is 1. The Labute approximate surface area is 119 Å². The summed E-state index contributed by atoms with van der Waals surface area (Å²) in [5.74, 6) is 1.46. The van der Waals surface area contributed by atoms with Crippen LogP contribution in [0.2, 0.25) is 5.15 Å². The van der Waals surface area contributed by atoms with Crippen LogP contribution in [0.5, 0.6) is 0 Å². The number of aromatic nitrogens is 1. The van der Waals surface area contributed by atoms with E-state index in [0.717, 1.165) is 24.8 Å². The Kier molecular flexibility index (Phi) is 5.20. The molecule has 4 heteroatoms. The van der Waals surface area contributed by atoms with Crippen LogP contribution in [0.4, 0.5) is 0 Å². The van der Waals surface area contributed by atoms with Gasteiger partial charge in [-0.3, -0.25) is 4.79 Å². The predicted molar refractivity (Wildman–Crippen MR) is 77.3 cm³/mol. The molecule has 2 rings (SSSR count). The van der Waals surface area contributed by atoms with E-state index in [4.69, 9.17) is 11.6 Å². The molecule has 0 spiro atoms. The van der Waals surface area contributed by atoms with Gasteiger partial charge in [0.25, 0.3) is 5.91 Å². The highest BCUT2D eigenvalue weighted by atomic mass is 35.5. The second-order valence-electron chi connectivity index (χ2n) is 5.53. The van der Waals surface area contributed by atoms with Crippen LogP contribution in [0.15, 0.2) is 18.2 Å². The summed E-state index contributed by atoms with van der Waals surface area (Å²) in [5.41, 5.74) is 0.393. The van der Waals surface area contributed by atoms with Gasteiger partial charge in [-0.15, -0.1) is 0 Å². The van der Waals surface area contributed by atoms with Crippen molar-refractivity contribution in [3.8, 4) is 0 Å². The first kappa shape index (κ1) is 14.3.